The van der Waals surface area contributed by atoms with E-state index in [-0.39, 0.29) is 0 Å². The highest BCUT2D eigenvalue weighted by Crippen LogP contribution is 2.41. The van der Waals surface area contributed by atoms with Crippen LogP contribution in [-0.2, 0) is 0 Å². The Morgan fingerprint density at radius 2 is 1.53 bits per heavy atom. The quantitative estimate of drug-likeness (QED) is 0.222. The third-order valence-electron chi connectivity index (χ3n) is 5.68. The van der Waals surface area contributed by atoms with Gasteiger partial charge in [-0.15, -0.1) is 11.3 Å². The van der Waals surface area contributed by atoms with Gasteiger partial charge in [-0.05, 0) is 69.2 Å². The molecule has 34 heavy (non-hydrogen) atoms. The van der Waals surface area contributed by atoms with Gasteiger partial charge in [0.1, 0.15) is 28.0 Å². The zero-order valence-corrected chi connectivity index (χ0v) is 21.3. The number of rotatable bonds is 11. The fraction of sp³-hybridized carbons (Fsp3) is 0.357. The van der Waals surface area contributed by atoms with Gasteiger partial charge in [-0.1, -0.05) is 38.3 Å². The van der Waals surface area contributed by atoms with Crippen molar-refractivity contribution in [1.29, 1.82) is 0 Å². The molecule has 0 aliphatic heterocycles. The van der Waals surface area contributed by atoms with Crippen LogP contribution in [0.2, 0.25) is 0 Å². The minimum absolute atomic E-state index is 0.656. The van der Waals surface area contributed by atoms with Crippen molar-refractivity contribution < 1.29 is 9.47 Å². The van der Waals surface area contributed by atoms with Crippen molar-refractivity contribution in [2.24, 2.45) is 0 Å². The van der Waals surface area contributed by atoms with Crippen molar-refractivity contribution in [2.75, 3.05) is 18.5 Å². The molecule has 0 amide bonds. The first-order chi connectivity index (χ1) is 16.6. The van der Waals surface area contributed by atoms with E-state index in [1.54, 1.807) is 11.3 Å². The van der Waals surface area contributed by atoms with Crippen molar-refractivity contribution in [3.8, 4) is 22.6 Å². The Morgan fingerprint density at radius 1 is 0.824 bits per heavy atom. The molecule has 0 bridgehead atoms. The lowest BCUT2D eigenvalue weighted by Gasteiger charge is -2.12. The number of nitrogens with zero attached hydrogens (tertiary/aromatic N) is 2. The van der Waals surface area contributed by atoms with Gasteiger partial charge in [0.05, 0.1) is 18.6 Å². The Bertz CT molecular complexity index is 1220. The molecule has 4 aromatic rings. The van der Waals surface area contributed by atoms with E-state index in [1.165, 1.54) is 24.1 Å². The van der Waals surface area contributed by atoms with Crippen LogP contribution in [0.4, 0.5) is 11.5 Å². The summed E-state index contributed by atoms with van der Waals surface area (Å²) < 4.78 is 11.5. The van der Waals surface area contributed by atoms with Crippen LogP contribution in [0.25, 0.3) is 21.3 Å². The summed E-state index contributed by atoms with van der Waals surface area (Å²) in [7, 11) is 0. The predicted molar refractivity (Wildman–Crippen MR) is 143 cm³/mol. The zero-order valence-electron chi connectivity index (χ0n) is 20.5. The zero-order chi connectivity index (χ0) is 23.9. The third-order valence-corrected chi connectivity index (χ3v) is 6.68. The molecule has 178 valence electrons. The predicted octanol–water partition coefficient (Wildman–Crippen LogP) is 8.08. The topological polar surface area (TPSA) is 56.3 Å². The molecule has 0 saturated carbocycles. The largest absolute Gasteiger partial charge is 0.494 e. The summed E-state index contributed by atoms with van der Waals surface area (Å²) >= 11 is 1.70. The number of anilines is 2. The molecule has 0 atom stereocenters. The molecule has 0 fully saturated rings. The lowest BCUT2D eigenvalue weighted by Crippen LogP contribution is -2.00. The van der Waals surface area contributed by atoms with Gasteiger partial charge in [-0.3, -0.25) is 0 Å². The Kier molecular flexibility index (Phi) is 8.01. The van der Waals surface area contributed by atoms with Gasteiger partial charge >= 0.3 is 0 Å². The fourth-order valence-corrected chi connectivity index (χ4v) is 5.12. The molecule has 2 heterocycles. The molecular weight excluding hydrogens is 442 g/mol. The lowest BCUT2D eigenvalue weighted by molar-refractivity contribution is 0.305. The van der Waals surface area contributed by atoms with Gasteiger partial charge in [0.15, 0.2) is 0 Å². The average Bonchev–Trinajstić information content (AvgIpc) is 3.16. The first-order valence-corrected chi connectivity index (χ1v) is 12.9. The molecular formula is C28H33N3O2S. The van der Waals surface area contributed by atoms with Crippen LogP contribution in [0.5, 0.6) is 11.5 Å². The molecule has 0 aliphatic rings. The van der Waals surface area contributed by atoms with E-state index >= 15 is 0 Å². The van der Waals surface area contributed by atoms with Gasteiger partial charge in [-0.25, -0.2) is 9.97 Å². The monoisotopic (exact) mass is 475 g/mol. The van der Waals surface area contributed by atoms with Gasteiger partial charge in [-0.2, -0.15) is 0 Å². The maximum absolute atomic E-state index is 5.89. The number of unbranched alkanes of at least 4 members (excludes halogenated alkanes) is 3. The van der Waals surface area contributed by atoms with Crippen LogP contribution in [0.3, 0.4) is 0 Å². The van der Waals surface area contributed by atoms with E-state index in [0.717, 1.165) is 63.2 Å². The molecule has 1 N–H and O–H groups in total. The highest BCUT2D eigenvalue weighted by molar-refractivity contribution is 7.19. The molecule has 6 heteroatoms. The molecule has 0 saturated heterocycles. The van der Waals surface area contributed by atoms with Crippen molar-refractivity contribution in [3.05, 3.63) is 59.2 Å². The van der Waals surface area contributed by atoms with Gasteiger partial charge in [0, 0.05) is 16.1 Å². The molecule has 0 radical (unpaired) electrons. The molecule has 0 unspecified atom stereocenters. The van der Waals surface area contributed by atoms with E-state index in [2.05, 4.69) is 31.3 Å². The fourth-order valence-electron chi connectivity index (χ4n) is 4.03. The number of benzene rings is 2. The van der Waals surface area contributed by atoms with Crippen molar-refractivity contribution in [1.82, 2.24) is 9.97 Å². The minimum Gasteiger partial charge on any atom is -0.494 e. The third kappa shape index (κ3) is 5.68. The number of nitrogens with one attached hydrogen (secondary N) is 1. The first kappa shape index (κ1) is 24.0. The number of aromatic nitrogens is 2. The second-order valence-electron chi connectivity index (χ2n) is 8.35. The Balaban J connectivity index is 1.59. The molecule has 0 aliphatic carbocycles. The van der Waals surface area contributed by atoms with Crippen molar-refractivity contribution >= 4 is 33.1 Å². The van der Waals surface area contributed by atoms with E-state index in [0.29, 0.717) is 6.61 Å². The van der Waals surface area contributed by atoms with Crippen LogP contribution in [0.1, 0.15) is 50.2 Å². The number of aryl methyl sites for hydroxylation is 2. The average molecular weight is 476 g/mol. The Hall–Kier alpha value is -3.12. The first-order valence-electron chi connectivity index (χ1n) is 12.1. The summed E-state index contributed by atoms with van der Waals surface area (Å²) in [6.45, 7) is 9.71. The molecule has 0 spiro atoms. The summed E-state index contributed by atoms with van der Waals surface area (Å²) in [5, 5.41) is 4.58. The van der Waals surface area contributed by atoms with E-state index < -0.39 is 0 Å². The Labute approximate surface area is 206 Å². The summed E-state index contributed by atoms with van der Waals surface area (Å²) in [5.74, 6) is 3.35. The normalized spacial score (nSPS) is 11.1. The van der Waals surface area contributed by atoms with Crippen LogP contribution in [0, 0.1) is 13.8 Å². The highest BCUT2D eigenvalue weighted by Gasteiger charge is 2.18. The summed E-state index contributed by atoms with van der Waals surface area (Å²) in [5.41, 5.74) is 3.27. The maximum Gasteiger partial charge on any atom is 0.143 e. The number of thiophene rings is 1. The molecule has 5 nitrogen and oxygen atoms in total. The number of hydrogen-bond acceptors (Lipinski definition) is 6. The van der Waals surface area contributed by atoms with E-state index in [4.69, 9.17) is 19.4 Å². The lowest BCUT2D eigenvalue weighted by atomic mass is 10.0. The van der Waals surface area contributed by atoms with Crippen LogP contribution >= 0.6 is 11.3 Å². The molecule has 4 rings (SSSR count). The summed E-state index contributed by atoms with van der Waals surface area (Å²) in [4.78, 5) is 11.7. The van der Waals surface area contributed by atoms with Gasteiger partial charge < -0.3 is 14.8 Å². The summed E-state index contributed by atoms with van der Waals surface area (Å²) in [6.07, 6.45) is 4.81. The molecule has 2 aromatic carbocycles. The van der Waals surface area contributed by atoms with E-state index in [1.807, 2.05) is 50.2 Å². The standard InChI is InChI=1S/C28H33N3O2S/c1-5-7-8-9-18-33-24-16-12-22(13-17-24)31-27-26-25(19(3)34-28(26)30-20(4)29-27)21-10-14-23(15-11-21)32-6-2/h10-17H,5-9,18H2,1-4H3,(H,29,30,31). The Morgan fingerprint density at radius 3 is 2.24 bits per heavy atom. The SMILES string of the molecule is CCCCCCOc1ccc(Nc2nc(C)nc3sc(C)c(-c4ccc(OCC)cc4)c23)cc1. The number of hydrogen-bond donors (Lipinski definition) is 1. The summed E-state index contributed by atoms with van der Waals surface area (Å²) in [6, 6.07) is 16.4. The maximum atomic E-state index is 5.89. The highest BCUT2D eigenvalue weighted by atomic mass is 32.1. The number of fused-ring (bicyclic) bond motifs is 1. The van der Waals surface area contributed by atoms with Crippen LogP contribution in [0.15, 0.2) is 48.5 Å². The second-order valence-corrected chi connectivity index (χ2v) is 9.55. The smallest absolute Gasteiger partial charge is 0.143 e. The van der Waals surface area contributed by atoms with Gasteiger partial charge in [0.2, 0.25) is 0 Å². The van der Waals surface area contributed by atoms with Gasteiger partial charge in [0.25, 0.3) is 0 Å². The van der Waals surface area contributed by atoms with Crippen molar-refractivity contribution in [2.45, 2.75) is 53.4 Å². The second kappa shape index (κ2) is 11.3. The van der Waals surface area contributed by atoms with E-state index in [9.17, 15) is 0 Å². The van der Waals surface area contributed by atoms with Crippen molar-refractivity contribution in [3.63, 3.8) is 0 Å². The molecule has 2 aromatic heterocycles. The van der Waals surface area contributed by atoms with Crippen LogP contribution in [-0.4, -0.2) is 23.2 Å². The van der Waals surface area contributed by atoms with Crippen LogP contribution < -0.4 is 14.8 Å². The minimum atomic E-state index is 0.656. The number of ether oxygens (including phenoxy) is 2.